The quantitative estimate of drug-likeness (QED) is 0.538. The molecule has 1 unspecified atom stereocenters. The van der Waals surface area contributed by atoms with Crippen LogP contribution in [0.15, 0.2) is 18.2 Å². The first-order valence-corrected chi connectivity index (χ1v) is 8.69. The average molecular weight is 414 g/mol. The van der Waals surface area contributed by atoms with E-state index in [1.807, 2.05) is 32.2 Å². The van der Waals surface area contributed by atoms with Crippen LogP contribution < -0.4 is 4.74 Å². The number of carbonyl (C=O) groups excluding carboxylic acids is 1. The maximum absolute atomic E-state index is 12.3. The van der Waals surface area contributed by atoms with Gasteiger partial charge in [-0.25, -0.2) is 6.08 Å². The van der Waals surface area contributed by atoms with E-state index < -0.39 is 0 Å². The Morgan fingerprint density at radius 2 is 2.23 bits per heavy atom. The molecule has 0 bridgehead atoms. The van der Waals surface area contributed by atoms with E-state index in [-0.39, 0.29) is 44.5 Å². The van der Waals surface area contributed by atoms with Gasteiger partial charge in [-0.2, -0.15) is 0 Å². The maximum Gasteiger partial charge on any atom is 0.225 e. The van der Waals surface area contributed by atoms with Crippen molar-refractivity contribution < 1.29 is 42.2 Å². The van der Waals surface area contributed by atoms with Crippen LogP contribution in [0.25, 0.3) is 5.70 Å². The van der Waals surface area contributed by atoms with Crippen molar-refractivity contribution in [3.63, 3.8) is 0 Å². The van der Waals surface area contributed by atoms with Crippen LogP contribution in [-0.4, -0.2) is 29.5 Å². The minimum absolute atomic E-state index is 0. The summed E-state index contributed by atoms with van der Waals surface area (Å²) in [4.78, 5) is 14.0. The second kappa shape index (κ2) is 9.31. The Bertz CT molecular complexity index is 565. The number of rotatable bonds is 5. The molecule has 1 radical (unpaired) electrons. The van der Waals surface area contributed by atoms with E-state index in [0.29, 0.717) is 23.9 Å². The van der Waals surface area contributed by atoms with Crippen molar-refractivity contribution in [1.82, 2.24) is 4.90 Å². The predicted molar refractivity (Wildman–Crippen MR) is 88.3 cm³/mol. The smallest absolute Gasteiger partial charge is 0.225 e. The SMILES string of the molecule is CCN1C(=O)C(C)C[C-]=C1c1ccc(OCSC)cc1Cl.[Y]. The summed E-state index contributed by atoms with van der Waals surface area (Å²) < 4.78 is 5.54. The Kier molecular flexibility index (Phi) is 8.48. The van der Waals surface area contributed by atoms with E-state index in [1.54, 1.807) is 22.7 Å². The van der Waals surface area contributed by atoms with Gasteiger partial charge in [0.05, 0.1) is 0 Å². The van der Waals surface area contributed by atoms with Crippen LogP contribution in [-0.2, 0) is 37.5 Å². The Hall–Kier alpha value is -0.0261. The van der Waals surface area contributed by atoms with Crippen LogP contribution in [0.4, 0.5) is 0 Å². The zero-order chi connectivity index (χ0) is 15.4. The van der Waals surface area contributed by atoms with E-state index >= 15 is 0 Å². The van der Waals surface area contributed by atoms with E-state index in [9.17, 15) is 4.79 Å². The minimum atomic E-state index is -0.0170. The number of allylic oxidation sites excluding steroid dienone is 1. The van der Waals surface area contributed by atoms with Crippen molar-refractivity contribution in [3.05, 3.63) is 34.9 Å². The summed E-state index contributed by atoms with van der Waals surface area (Å²) in [5.74, 6) is 1.43. The molecule has 0 spiro atoms. The van der Waals surface area contributed by atoms with Crippen LogP contribution in [0.1, 0.15) is 25.8 Å². The molecule has 117 valence electrons. The van der Waals surface area contributed by atoms with E-state index in [1.165, 1.54) is 0 Å². The predicted octanol–water partition coefficient (Wildman–Crippen LogP) is 4.07. The monoisotopic (exact) mass is 413 g/mol. The summed E-state index contributed by atoms with van der Waals surface area (Å²) in [5.41, 5.74) is 1.61. The molecule has 0 fully saturated rings. The summed E-state index contributed by atoms with van der Waals surface area (Å²) in [6.07, 6.45) is 5.92. The van der Waals surface area contributed by atoms with Crippen molar-refractivity contribution >= 4 is 35.0 Å². The Morgan fingerprint density at radius 3 is 2.82 bits per heavy atom. The first-order valence-electron chi connectivity index (χ1n) is 6.92. The summed E-state index contributed by atoms with van der Waals surface area (Å²) >= 11 is 7.97. The zero-order valence-electron chi connectivity index (χ0n) is 13.1. The number of ether oxygens (including phenoxy) is 1. The van der Waals surface area contributed by atoms with Crippen LogP contribution in [0.3, 0.4) is 0 Å². The van der Waals surface area contributed by atoms with E-state index in [2.05, 4.69) is 6.08 Å². The van der Waals surface area contributed by atoms with Gasteiger partial charge in [0.1, 0.15) is 11.7 Å². The van der Waals surface area contributed by atoms with Crippen molar-refractivity contribution in [2.45, 2.75) is 20.3 Å². The topological polar surface area (TPSA) is 29.5 Å². The van der Waals surface area contributed by atoms with Gasteiger partial charge < -0.3 is 9.64 Å². The summed E-state index contributed by atoms with van der Waals surface area (Å²) in [7, 11) is 0. The third kappa shape index (κ3) is 4.50. The van der Waals surface area contributed by atoms with Crippen molar-refractivity contribution in [1.29, 1.82) is 0 Å². The van der Waals surface area contributed by atoms with Crippen LogP contribution in [0.2, 0.25) is 5.02 Å². The molecular weight excluding hydrogens is 395 g/mol. The summed E-state index contributed by atoms with van der Waals surface area (Å²) in [5, 5.41) is 0.580. The standard InChI is InChI=1S/C16H19ClNO2S.Y/c1-4-18-15(8-5-11(2)16(18)19)13-7-6-12(9-14(13)17)20-10-21-3;/h6-7,9,11H,4-5,10H2,1-3H3;/q-1;. The van der Waals surface area contributed by atoms with Gasteiger partial charge in [0.15, 0.2) is 0 Å². The van der Waals surface area contributed by atoms with E-state index in [4.69, 9.17) is 16.3 Å². The molecule has 0 N–H and O–H groups in total. The second-order valence-corrected chi connectivity index (χ2v) is 6.13. The molecule has 2 rings (SSSR count). The van der Waals surface area contributed by atoms with E-state index in [0.717, 1.165) is 17.0 Å². The summed E-state index contributed by atoms with van der Waals surface area (Å²) in [6, 6.07) is 5.56. The summed E-state index contributed by atoms with van der Waals surface area (Å²) in [6.45, 7) is 4.50. The molecule has 1 heterocycles. The molecule has 22 heavy (non-hydrogen) atoms. The number of carbonyl (C=O) groups is 1. The Morgan fingerprint density at radius 1 is 1.50 bits per heavy atom. The van der Waals surface area contributed by atoms with Gasteiger partial charge in [-0.05, 0) is 30.3 Å². The number of benzene rings is 1. The number of hydrogen-bond donors (Lipinski definition) is 0. The molecule has 1 aromatic carbocycles. The zero-order valence-corrected chi connectivity index (χ0v) is 17.5. The van der Waals surface area contributed by atoms with Crippen LogP contribution in [0.5, 0.6) is 5.75 Å². The fourth-order valence-corrected chi connectivity index (χ4v) is 2.78. The Labute approximate surface area is 166 Å². The number of nitrogens with zero attached hydrogens (tertiary/aromatic N) is 1. The molecule has 0 saturated heterocycles. The molecule has 3 nitrogen and oxygen atoms in total. The van der Waals surface area contributed by atoms with Gasteiger partial charge in [-0.3, -0.25) is 4.79 Å². The molecule has 1 aliphatic heterocycles. The first kappa shape index (κ1) is 20.0. The molecule has 1 aromatic rings. The first-order chi connectivity index (χ1) is 10.1. The van der Waals surface area contributed by atoms with Crippen molar-refractivity contribution in [2.75, 3.05) is 18.7 Å². The molecule has 1 amide bonds. The van der Waals surface area contributed by atoms with Gasteiger partial charge in [-0.15, -0.1) is 40.7 Å². The van der Waals surface area contributed by atoms with Gasteiger partial charge in [0.2, 0.25) is 5.91 Å². The number of hydrogen-bond acceptors (Lipinski definition) is 3. The fraction of sp³-hybridized carbons (Fsp3) is 0.438. The maximum atomic E-state index is 12.3. The van der Waals surface area contributed by atoms with Crippen molar-refractivity contribution in [2.24, 2.45) is 5.92 Å². The molecule has 0 saturated carbocycles. The molecule has 1 aliphatic rings. The molecule has 0 aliphatic carbocycles. The van der Waals surface area contributed by atoms with Gasteiger partial charge in [-0.1, -0.05) is 13.3 Å². The number of thioether (sulfide) groups is 1. The average Bonchev–Trinajstić information content (AvgIpc) is 2.48. The molecular formula is C16H19ClNO2SY-. The van der Waals surface area contributed by atoms with Gasteiger partial charge >= 0.3 is 0 Å². The Balaban J connectivity index is 0.00000242. The fourth-order valence-electron chi connectivity index (χ4n) is 2.27. The third-order valence-electron chi connectivity index (χ3n) is 3.39. The molecule has 6 heteroatoms. The van der Waals surface area contributed by atoms with Crippen molar-refractivity contribution in [3.8, 4) is 5.75 Å². The normalized spacial score (nSPS) is 17.8. The van der Waals surface area contributed by atoms with Crippen LogP contribution in [0, 0.1) is 12.0 Å². The number of amides is 1. The van der Waals surface area contributed by atoms with Gasteiger partial charge in [0.25, 0.3) is 0 Å². The largest absolute Gasteiger partial charge is 0.483 e. The second-order valence-electron chi connectivity index (χ2n) is 4.91. The third-order valence-corrected chi connectivity index (χ3v) is 4.05. The van der Waals surface area contributed by atoms with Crippen LogP contribution >= 0.6 is 23.4 Å². The minimum Gasteiger partial charge on any atom is -0.483 e. The molecule has 1 atom stereocenters. The van der Waals surface area contributed by atoms with Gasteiger partial charge in [0, 0.05) is 45.2 Å². The number of halogens is 1. The molecule has 0 aromatic heterocycles.